The van der Waals surface area contributed by atoms with Crippen LogP contribution in [0.4, 0.5) is 5.69 Å². The van der Waals surface area contributed by atoms with Gasteiger partial charge < -0.3 is 0 Å². The first-order chi connectivity index (χ1) is 8.83. The first-order valence-corrected chi connectivity index (χ1v) is 6.30. The summed E-state index contributed by atoms with van der Waals surface area (Å²) in [5.41, 5.74) is 4.86. The van der Waals surface area contributed by atoms with Crippen LogP contribution in [0.3, 0.4) is 0 Å². The highest BCUT2D eigenvalue weighted by Gasteiger charge is 2.16. The number of hydrazone groups is 1. The van der Waals surface area contributed by atoms with E-state index in [0.29, 0.717) is 0 Å². The molecule has 90 valence electrons. The van der Waals surface area contributed by atoms with Gasteiger partial charge in [-0.1, -0.05) is 48.0 Å². The van der Waals surface area contributed by atoms with Crippen molar-refractivity contribution in [2.45, 2.75) is 13.3 Å². The van der Waals surface area contributed by atoms with Gasteiger partial charge in [0.2, 0.25) is 0 Å². The Kier molecular flexibility index (Phi) is 2.85. The molecule has 0 saturated carbocycles. The van der Waals surface area contributed by atoms with Gasteiger partial charge in [0.25, 0.3) is 0 Å². The summed E-state index contributed by atoms with van der Waals surface area (Å²) in [6.45, 7) is 3.07. The SMILES string of the molecule is Cc1ccc(N2CCC(c3ccccc3)=N2)cc1. The average molecular weight is 236 g/mol. The predicted octanol–water partition coefficient (Wildman–Crippen LogP) is 3.61. The zero-order valence-electron chi connectivity index (χ0n) is 10.5. The van der Waals surface area contributed by atoms with Crippen molar-refractivity contribution in [1.82, 2.24) is 0 Å². The van der Waals surface area contributed by atoms with Crippen LogP contribution in [0.5, 0.6) is 0 Å². The standard InChI is InChI=1S/C16H16N2/c1-13-7-9-15(10-8-13)18-12-11-16(17-18)14-5-3-2-4-6-14/h2-10H,11-12H2,1H3. The third-order valence-electron chi connectivity index (χ3n) is 3.24. The van der Waals surface area contributed by atoms with E-state index in [1.54, 1.807) is 0 Å². The number of benzene rings is 2. The van der Waals surface area contributed by atoms with Gasteiger partial charge in [0.05, 0.1) is 11.4 Å². The van der Waals surface area contributed by atoms with Gasteiger partial charge in [-0.2, -0.15) is 5.10 Å². The number of rotatable bonds is 2. The van der Waals surface area contributed by atoms with Crippen LogP contribution in [0, 0.1) is 6.92 Å². The molecule has 1 aliphatic heterocycles. The molecule has 2 aromatic carbocycles. The van der Waals surface area contributed by atoms with Crippen LogP contribution >= 0.6 is 0 Å². The number of nitrogens with zero attached hydrogens (tertiary/aromatic N) is 2. The summed E-state index contributed by atoms with van der Waals surface area (Å²) < 4.78 is 0. The molecule has 0 bridgehead atoms. The summed E-state index contributed by atoms with van der Waals surface area (Å²) in [5, 5.41) is 6.79. The fraction of sp³-hybridized carbons (Fsp3) is 0.188. The lowest BCUT2D eigenvalue weighted by Crippen LogP contribution is -2.11. The van der Waals surface area contributed by atoms with Gasteiger partial charge in [0.1, 0.15) is 0 Å². The van der Waals surface area contributed by atoms with E-state index in [9.17, 15) is 0 Å². The molecule has 3 rings (SSSR count). The molecule has 0 aliphatic carbocycles. The molecule has 0 aromatic heterocycles. The van der Waals surface area contributed by atoms with E-state index in [2.05, 4.69) is 60.5 Å². The number of hydrogen-bond donors (Lipinski definition) is 0. The minimum atomic E-state index is 0.966. The molecule has 0 spiro atoms. The van der Waals surface area contributed by atoms with Crippen LogP contribution < -0.4 is 5.01 Å². The first kappa shape index (κ1) is 11.0. The lowest BCUT2D eigenvalue weighted by Gasteiger charge is -2.13. The maximum Gasteiger partial charge on any atom is 0.0700 e. The molecule has 0 saturated heterocycles. The summed E-state index contributed by atoms with van der Waals surface area (Å²) in [5.74, 6) is 0. The lowest BCUT2D eigenvalue weighted by molar-refractivity contribution is 0.921. The fourth-order valence-electron chi connectivity index (χ4n) is 2.19. The highest BCUT2D eigenvalue weighted by Crippen LogP contribution is 2.21. The molecule has 2 aromatic rings. The molecule has 18 heavy (non-hydrogen) atoms. The van der Waals surface area contributed by atoms with Crippen molar-refractivity contribution in [3.63, 3.8) is 0 Å². The van der Waals surface area contributed by atoms with Gasteiger partial charge in [-0.3, -0.25) is 5.01 Å². The Morgan fingerprint density at radius 3 is 2.39 bits per heavy atom. The molecule has 2 nitrogen and oxygen atoms in total. The fourth-order valence-corrected chi connectivity index (χ4v) is 2.19. The lowest BCUT2D eigenvalue weighted by atomic mass is 10.1. The van der Waals surface area contributed by atoms with Gasteiger partial charge in [0.15, 0.2) is 0 Å². The Labute approximate surface area is 108 Å². The largest absolute Gasteiger partial charge is 0.265 e. The summed E-state index contributed by atoms with van der Waals surface area (Å²) in [6.07, 6.45) is 1.01. The Hall–Kier alpha value is -2.09. The highest BCUT2D eigenvalue weighted by atomic mass is 15.5. The van der Waals surface area contributed by atoms with Gasteiger partial charge >= 0.3 is 0 Å². The second-order valence-electron chi connectivity index (χ2n) is 4.62. The Morgan fingerprint density at radius 1 is 0.944 bits per heavy atom. The monoisotopic (exact) mass is 236 g/mol. The third-order valence-corrected chi connectivity index (χ3v) is 3.24. The summed E-state index contributed by atoms with van der Waals surface area (Å²) in [7, 11) is 0. The highest BCUT2D eigenvalue weighted by molar-refractivity contribution is 6.02. The van der Waals surface area contributed by atoms with Crippen molar-refractivity contribution >= 4 is 11.4 Å². The van der Waals surface area contributed by atoms with Crippen LogP contribution in [0.25, 0.3) is 0 Å². The van der Waals surface area contributed by atoms with Gasteiger partial charge in [-0.15, -0.1) is 0 Å². The smallest absolute Gasteiger partial charge is 0.0700 e. The Morgan fingerprint density at radius 2 is 1.67 bits per heavy atom. The number of anilines is 1. The molecule has 0 N–H and O–H groups in total. The van der Waals surface area contributed by atoms with Crippen LogP contribution in [-0.4, -0.2) is 12.3 Å². The maximum absolute atomic E-state index is 4.71. The Balaban J connectivity index is 1.85. The summed E-state index contributed by atoms with van der Waals surface area (Å²) >= 11 is 0. The van der Waals surface area contributed by atoms with Crippen molar-refractivity contribution in [3.8, 4) is 0 Å². The molecular formula is C16H16N2. The second kappa shape index (κ2) is 4.65. The molecule has 0 fully saturated rings. The van der Waals surface area contributed by atoms with Crippen molar-refractivity contribution in [2.75, 3.05) is 11.6 Å². The van der Waals surface area contributed by atoms with E-state index in [-0.39, 0.29) is 0 Å². The number of aryl methyl sites for hydroxylation is 1. The van der Waals surface area contributed by atoms with Gasteiger partial charge in [-0.25, -0.2) is 0 Å². The zero-order chi connectivity index (χ0) is 12.4. The van der Waals surface area contributed by atoms with E-state index in [1.165, 1.54) is 22.5 Å². The van der Waals surface area contributed by atoms with E-state index in [0.717, 1.165) is 13.0 Å². The third kappa shape index (κ3) is 2.14. The minimum absolute atomic E-state index is 0.966. The molecular weight excluding hydrogens is 220 g/mol. The zero-order valence-corrected chi connectivity index (χ0v) is 10.5. The van der Waals surface area contributed by atoms with E-state index in [4.69, 9.17) is 5.10 Å². The average Bonchev–Trinajstić information content (AvgIpc) is 2.90. The molecule has 1 aliphatic rings. The van der Waals surface area contributed by atoms with Crippen LogP contribution in [0.15, 0.2) is 59.7 Å². The van der Waals surface area contributed by atoms with Crippen molar-refractivity contribution < 1.29 is 0 Å². The van der Waals surface area contributed by atoms with Gasteiger partial charge in [-0.05, 0) is 24.6 Å². The van der Waals surface area contributed by atoms with Crippen molar-refractivity contribution in [1.29, 1.82) is 0 Å². The van der Waals surface area contributed by atoms with Crippen LogP contribution in [0.2, 0.25) is 0 Å². The first-order valence-electron chi connectivity index (χ1n) is 6.30. The second-order valence-corrected chi connectivity index (χ2v) is 4.62. The predicted molar refractivity (Wildman–Crippen MR) is 76.1 cm³/mol. The topological polar surface area (TPSA) is 15.6 Å². The molecule has 0 amide bonds. The Bertz CT molecular complexity index is 555. The van der Waals surface area contributed by atoms with Crippen LogP contribution in [0.1, 0.15) is 17.5 Å². The van der Waals surface area contributed by atoms with Gasteiger partial charge in [0, 0.05) is 13.0 Å². The van der Waals surface area contributed by atoms with Crippen LogP contribution in [-0.2, 0) is 0 Å². The van der Waals surface area contributed by atoms with E-state index >= 15 is 0 Å². The molecule has 0 unspecified atom stereocenters. The van der Waals surface area contributed by atoms with E-state index in [1.807, 2.05) is 6.07 Å². The quantitative estimate of drug-likeness (QED) is 0.777. The van der Waals surface area contributed by atoms with E-state index < -0.39 is 0 Å². The maximum atomic E-state index is 4.71. The van der Waals surface area contributed by atoms with Crippen molar-refractivity contribution in [2.24, 2.45) is 5.10 Å². The summed E-state index contributed by atoms with van der Waals surface area (Å²) in [6, 6.07) is 18.9. The molecule has 0 atom stereocenters. The summed E-state index contributed by atoms with van der Waals surface area (Å²) in [4.78, 5) is 0. The van der Waals surface area contributed by atoms with Crippen molar-refractivity contribution in [3.05, 3.63) is 65.7 Å². The molecule has 1 heterocycles. The molecule has 2 heteroatoms. The number of hydrogen-bond acceptors (Lipinski definition) is 2. The normalized spacial score (nSPS) is 14.7. The molecule has 0 radical (unpaired) electrons. The minimum Gasteiger partial charge on any atom is -0.265 e.